The summed E-state index contributed by atoms with van der Waals surface area (Å²) in [7, 11) is 3.42. The molecule has 20 heavy (non-hydrogen) atoms. The van der Waals surface area contributed by atoms with Crippen molar-refractivity contribution >= 4 is 16.9 Å². The molecule has 1 heterocycles. The number of hydrogen-bond donors (Lipinski definition) is 0. The lowest BCUT2D eigenvalue weighted by molar-refractivity contribution is -0.128. The normalized spacial score (nSPS) is 10.8. The first-order valence-corrected chi connectivity index (χ1v) is 6.63. The highest BCUT2D eigenvalue weighted by atomic mass is 16.4. The van der Waals surface area contributed by atoms with E-state index >= 15 is 0 Å². The van der Waals surface area contributed by atoms with Gasteiger partial charge in [0.15, 0.2) is 0 Å². The SMILES string of the molecule is Cc1ccc2c(C)c(CCC(=O)N(C)C)c(=O)oc2c1. The van der Waals surface area contributed by atoms with Gasteiger partial charge in [-0.2, -0.15) is 0 Å². The Balaban J connectivity index is 2.42. The average molecular weight is 273 g/mol. The predicted octanol–water partition coefficient (Wildman–Crippen LogP) is 2.43. The molecule has 1 amide bonds. The Labute approximate surface area is 118 Å². The first-order chi connectivity index (χ1) is 9.40. The zero-order chi connectivity index (χ0) is 14.9. The number of hydrogen-bond acceptors (Lipinski definition) is 3. The molecule has 4 nitrogen and oxygen atoms in total. The van der Waals surface area contributed by atoms with E-state index < -0.39 is 0 Å². The van der Waals surface area contributed by atoms with Gasteiger partial charge in [-0.3, -0.25) is 4.79 Å². The summed E-state index contributed by atoms with van der Waals surface area (Å²) in [5, 5.41) is 0.933. The van der Waals surface area contributed by atoms with Crippen molar-refractivity contribution in [2.45, 2.75) is 26.7 Å². The van der Waals surface area contributed by atoms with Crippen LogP contribution in [0.1, 0.15) is 23.1 Å². The molecule has 0 unspecified atom stereocenters. The maximum Gasteiger partial charge on any atom is 0.339 e. The van der Waals surface area contributed by atoms with Crippen molar-refractivity contribution < 1.29 is 9.21 Å². The van der Waals surface area contributed by atoms with Gasteiger partial charge in [0.2, 0.25) is 5.91 Å². The number of amides is 1. The van der Waals surface area contributed by atoms with E-state index in [1.807, 2.05) is 32.0 Å². The summed E-state index contributed by atoms with van der Waals surface area (Å²) in [5.74, 6) is 0.00723. The smallest absolute Gasteiger partial charge is 0.339 e. The minimum atomic E-state index is -0.341. The van der Waals surface area contributed by atoms with Gasteiger partial charge in [0, 0.05) is 31.5 Å². The van der Waals surface area contributed by atoms with Gasteiger partial charge in [-0.1, -0.05) is 12.1 Å². The number of carbonyl (C=O) groups excluding carboxylic acids is 1. The maximum absolute atomic E-state index is 12.1. The third-order valence-corrected chi connectivity index (χ3v) is 3.53. The topological polar surface area (TPSA) is 50.5 Å². The fourth-order valence-corrected chi connectivity index (χ4v) is 2.25. The van der Waals surface area contributed by atoms with Gasteiger partial charge < -0.3 is 9.32 Å². The van der Waals surface area contributed by atoms with Crippen molar-refractivity contribution in [2.75, 3.05) is 14.1 Å². The summed E-state index contributed by atoms with van der Waals surface area (Å²) in [4.78, 5) is 25.2. The van der Waals surface area contributed by atoms with Gasteiger partial charge in [0.1, 0.15) is 5.58 Å². The Morgan fingerprint density at radius 3 is 2.60 bits per heavy atom. The highest BCUT2D eigenvalue weighted by Crippen LogP contribution is 2.21. The molecule has 0 spiro atoms. The molecule has 1 aromatic heterocycles. The number of carbonyl (C=O) groups is 1. The Bertz CT molecular complexity index is 713. The molecule has 0 aliphatic heterocycles. The second-order valence-corrected chi connectivity index (χ2v) is 5.28. The van der Waals surface area contributed by atoms with E-state index in [1.165, 1.54) is 4.90 Å². The van der Waals surface area contributed by atoms with E-state index in [2.05, 4.69) is 0 Å². The quantitative estimate of drug-likeness (QED) is 0.807. The molecule has 106 valence electrons. The molecule has 0 radical (unpaired) electrons. The van der Waals surface area contributed by atoms with E-state index in [1.54, 1.807) is 14.1 Å². The van der Waals surface area contributed by atoms with Crippen LogP contribution in [0.25, 0.3) is 11.0 Å². The molecule has 0 bridgehead atoms. The molecule has 0 saturated heterocycles. The van der Waals surface area contributed by atoms with E-state index in [9.17, 15) is 9.59 Å². The van der Waals surface area contributed by atoms with Crippen LogP contribution in [-0.4, -0.2) is 24.9 Å². The molecule has 2 rings (SSSR count). The van der Waals surface area contributed by atoms with Gasteiger partial charge in [-0.05, 0) is 37.5 Å². The van der Waals surface area contributed by atoms with Crippen LogP contribution in [0.2, 0.25) is 0 Å². The second-order valence-electron chi connectivity index (χ2n) is 5.28. The molecular weight excluding hydrogens is 254 g/mol. The van der Waals surface area contributed by atoms with Crippen molar-refractivity contribution in [3.8, 4) is 0 Å². The molecule has 2 aromatic rings. The van der Waals surface area contributed by atoms with Crippen LogP contribution in [0, 0.1) is 13.8 Å². The Morgan fingerprint density at radius 1 is 1.25 bits per heavy atom. The van der Waals surface area contributed by atoms with Gasteiger partial charge in [-0.25, -0.2) is 4.79 Å². The molecule has 1 aromatic carbocycles. The van der Waals surface area contributed by atoms with Gasteiger partial charge in [0.05, 0.1) is 0 Å². The fourth-order valence-electron chi connectivity index (χ4n) is 2.25. The highest BCUT2D eigenvalue weighted by Gasteiger charge is 2.13. The molecule has 0 aliphatic carbocycles. The summed E-state index contributed by atoms with van der Waals surface area (Å²) in [5.41, 5.74) is 2.82. The molecule has 0 aliphatic rings. The van der Waals surface area contributed by atoms with Gasteiger partial charge in [-0.15, -0.1) is 0 Å². The predicted molar refractivity (Wildman–Crippen MR) is 79.0 cm³/mol. The summed E-state index contributed by atoms with van der Waals surface area (Å²) in [6.45, 7) is 3.86. The van der Waals surface area contributed by atoms with Crippen molar-refractivity contribution in [1.29, 1.82) is 0 Å². The van der Waals surface area contributed by atoms with Crippen LogP contribution in [0.15, 0.2) is 27.4 Å². The van der Waals surface area contributed by atoms with Crippen molar-refractivity contribution in [2.24, 2.45) is 0 Å². The average Bonchev–Trinajstić information content (AvgIpc) is 2.37. The zero-order valence-corrected chi connectivity index (χ0v) is 12.3. The molecular formula is C16H19NO3. The van der Waals surface area contributed by atoms with E-state index in [4.69, 9.17) is 4.42 Å². The van der Waals surface area contributed by atoms with E-state index in [0.717, 1.165) is 16.5 Å². The van der Waals surface area contributed by atoms with Crippen LogP contribution < -0.4 is 5.63 Å². The number of rotatable bonds is 3. The van der Waals surface area contributed by atoms with Crippen LogP contribution in [0.3, 0.4) is 0 Å². The first-order valence-electron chi connectivity index (χ1n) is 6.63. The number of benzene rings is 1. The second kappa shape index (κ2) is 5.49. The molecule has 0 atom stereocenters. The lowest BCUT2D eigenvalue weighted by Crippen LogP contribution is -2.23. The van der Waals surface area contributed by atoms with Crippen molar-refractivity contribution in [3.63, 3.8) is 0 Å². The summed E-state index contributed by atoms with van der Waals surface area (Å²) < 4.78 is 5.37. The minimum Gasteiger partial charge on any atom is -0.423 e. The minimum absolute atomic E-state index is 0.00723. The zero-order valence-electron chi connectivity index (χ0n) is 12.3. The standard InChI is InChI=1S/C16H19NO3/c1-10-5-6-12-11(2)13(7-8-15(18)17(3)4)16(19)20-14(12)9-10/h5-6,9H,7-8H2,1-4H3. The Morgan fingerprint density at radius 2 is 1.95 bits per heavy atom. The van der Waals surface area contributed by atoms with Crippen LogP contribution in [-0.2, 0) is 11.2 Å². The number of nitrogens with zero attached hydrogens (tertiary/aromatic N) is 1. The molecule has 0 N–H and O–H groups in total. The van der Waals surface area contributed by atoms with Crippen molar-refractivity contribution in [3.05, 3.63) is 45.3 Å². The fraction of sp³-hybridized carbons (Fsp3) is 0.375. The van der Waals surface area contributed by atoms with Gasteiger partial charge >= 0.3 is 5.63 Å². The molecule has 0 saturated carbocycles. The van der Waals surface area contributed by atoms with E-state index in [-0.39, 0.29) is 11.5 Å². The summed E-state index contributed by atoms with van der Waals surface area (Å²) >= 11 is 0. The summed E-state index contributed by atoms with van der Waals surface area (Å²) in [6.07, 6.45) is 0.727. The third kappa shape index (κ3) is 2.74. The monoisotopic (exact) mass is 273 g/mol. The summed E-state index contributed by atoms with van der Waals surface area (Å²) in [6, 6.07) is 5.81. The first kappa shape index (κ1) is 14.3. The Hall–Kier alpha value is -2.10. The number of fused-ring (bicyclic) bond motifs is 1. The van der Waals surface area contributed by atoms with Gasteiger partial charge in [0.25, 0.3) is 0 Å². The Kier molecular flexibility index (Phi) is 3.93. The van der Waals surface area contributed by atoms with Crippen LogP contribution in [0.4, 0.5) is 0 Å². The van der Waals surface area contributed by atoms with Crippen LogP contribution in [0.5, 0.6) is 0 Å². The van der Waals surface area contributed by atoms with Crippen LogP contribution >= 0.6 is 0 Å². The molecule has 4 heteroatoms. The lowest BCUT2D eigenvalue weighted by atomic mass is 10.0. The lowest BCUT2D eigenvalue weighted by Gasteiger charge is -2.11. The third-order valence-electron chi connectivity index (χ3n) is 3.53. The molecule has 0 fully saturated rings. The highest BCUT2D eigenvalue weighted by molar-refractivity contribution is 5.82. The maximum atomic E-state index is 12.1. The number of aryl methyl sites for hydroxylation is 2. The largest absolute Gasteiger partial charge is 0.423 e. The van der Waals surface area contributed by atoms with Crippen molar-refractivity contribution in [1.82, 2.24) is 4.90 Å². The van der Waals surface area contributed by atoms with E-state index in [0.29, 0.717) is 24.0 Å².